The van der Waals surface area contributed by atoms with E-state index in [0.717, 1.165) is 11.6 Å². The Morgan fingerprint density at radius 2 is 1.57 bits per heavy atom. The van der Waals surface area contributed by atoms with Crippen molar-refractivity contribution < 1.29 is 13.2 Å². The van der Waals surface area contributed by atoms with Crippen LogP contribution in [-0.4, -0.2) is 6.54 Å². The number of aryl methyl sites for hydroxylation is 2. The summed E-state index contributed by atoms with van der Waals surface area (Å²) < 4.78 is 41.7. The molecule has 2 aromatic rings. The maximum Gasteiger partial charge on any atom is 0.131 e. The van der Waals surface area contributed by atoms with E-state index < -0.39 is 23.5 Å². The second-order valence-electron chi connectivity index (χ2n) is 5.14. The largest absolute Gasteiger partial charge is 0.306 e. The molecular formula is C17H18F3N. The van der Waals surface area contributed by atoms with Crippen molar-refractivity contribution in [2.24, 2.45) is 0 Å². The van der Waals surface area contributed by atoms with Crippen molar-refractivity contribution in [1.29, 1.82) is 0 Å². The molecule has 0 amide bonds. The normalized spacial score (nSPS) is 12.5. The van der Waals surface area contributed by atoms with Gasteiger partial charge in [0.2, 0.25) is 0 Å². The minimum Gasteiger partial charge on any atom is -0.306 e. The van der Waals surface area contributed by atoms with E-state index in [1.54, 1.807) is 26.0 Å². The maximum atomic E-state index is 14.2. The number of benzene rings is 2. The number of hydrogen-bond donors (Lipinski definition) is 1. The Morgan fingerprint density at radius 1 is 0.905 bits per heavy atom. The van der Waals surface area contributed by atoms with E-state index in [2.05, 4.69) is 5.32 Å². The predicted octanol–water partition coefficient (Wildman–Crippen LogP) is 4.42. The smallest absolute Gasteiger partial charge is 0.131 e. The van der Waals surface area contributed by atoms with Crippen LogP contribution in [0.25, 0.3) is 0 Å². The second-order valence-corrected chi connectivity index (χ2v) is 5.14. The third-order valence-electron chi connectivity index (χ3n) is 3.46. The molecule has 0 radical (unpaired) electrons. The van der Waals surface area contributed by atoms with Crippen LogP contribution in [0.5, 0.6) is 0 Å². The molecule has 1 atom stereocenters. The predicted molar refractivity (Wildman–Crippen MR) is 77.8 cm³/mol. The molecule has 1 unspecified atom stereocenters. The molecule has 0 fully saturated rings. The first-order chi connectivity index (χ1) is 9.93. The minimum atomic E-state index is -0.677. The van der Waals surface area contributed by atoms with E-state index >= 15 is 0 Å². The summed E-state index contributed by atoms with van der Waals surface area (Å²) in [5.74, 6) is -1.68. The molecule has 21 heavy (non-hydrogen) atoms. The van der Waals surface area contributed by atoms with Gasteiger partial charge < -0.3 is 5.32 Å². The molecule has 0 bridgehead atoms. The highest BCUT2D eigenvalue weighted by atomic mass is 19.1. The van der Waals surface area contributed by atoms with Crippen LogP contribution >= 0.6 is 0 Å². The fourth-order valence-corrected chi connectivity index (χ4v) is 2.36. The summed E-state index contributed by atoms with van der Waals surface area (Å²) in [6.45, 7) is 5.74. The lowest BCUT2D eigenvalue weighted by atomic mass is 9.95. The number of rotatable bonds is 4. The highest BCUT2D eigenvalue weighted by Crippen LogP contribution is 2.28. The SMILES string of the molecule is CCNC(c1ccc(C)cc1F)c1cc(C)c(F)cc1F. The van der Waals surface area contributed by atoms with Crippen LogP contribution in [-0.2, 0) is 0 Å². The van der Waals surface area contributed by atoms with Crippen LogP contribution in [0.15, 0.2) is 30.3 Å². The molecule has 2 aromatic carbocycles. The maximum absolute atomic E-state index is 14.2. The fourth-order valence-electron chi connectivity index (χ4n) is 2.36. The highest BCUT2D eigenvalue weighted by Gasteiger charge is 2.21. The van der Waals surface area contributed by atoms with E-state index in [0.29, 0.717) is 17.7 Å². The van der Waals surface area contributed by atoms with Crippen molar-refractivity contribution >= 4 is 0 Å². The summed E-state index contributed by atoms with van der Waals surface area (Å²) in [4.78, 5) is 0. The van der Waals surface area contributed by atoms with Crippen molar-refractivity contribution in [1.82, 2.24) is 5.32 Å². The van der Waals surface area contributed by atoms with Gasteiger partial charge in [0.15, 0.2) is 0 Å². The summed E-state index contributed by atoms with van der Waals surface area (Å²) in [6, 6.07) is 6.45. The van der Waals surface area contributed by atoms with Crippen LogP contribution in [0, 0.1) is 31.3 Å². The Hall–Kier alpha value is -1.81. The Morgan fingerprint density at radius 3 is 2.19 bits per heavy atom. The zero-order valence-electron chi connectivity index (χ0n) is 12.3. The van der Waals surface area contributed by atoms with Gasteiger partial charge in [0, 0.05) is 17.2 Å². The summed E-state index contributed by atoms with van der Waals surface area (Å²) in [7, 11) is 0. The Bertz CT molecular complexity index is 653. The van der Waals surface area contributed by atoms with Gasteiger partial charge in [-0.25, -0.2) is 13.2 Å². The Balaban J connectivity index is 2.55. The quantitative estimate of drug-likeness (QED) is 0.880. The summed E-state index contributed by atoms with van der Waals surface area (Å²) in [6.07, 6.45) is 0. The first-order valence-corrected chi connectivity index (χ1v) is 6.89. The third-order valence-corrected chi connectivity index (χ3v) is 3.46. The molecule has 1 nitrogen and oxygen atoms in total. The third kappa shape index (κ3) is 3.27. The number of halogens is 3. The van der Waals surface area contributed by atoms with Crippen molar-refractivity contribution in [3.63, 3.8) is 0 Å². The molecule has 0 heterocycles. The molecule has 112 valence electrons. The topological polar surface area (TPSA) is 12.0 Å². The minimum absolute atomic E-state index is 0.249. The van der Waals surface area contributed by atoms with Crippen LogP contribution in [0.2, 0.25) is 0 Å². The monoisotopic (exact) mass is 293 g/mol. The zero-order valence-corrected chi connectivity index (χ0v) is 12.3. The van der Waals surface area contributed by atoms with Gasteiger partial charge in [-0.05, 0) is 43.7 Å². The molecule has 0 aliphatic rings. The molecule has 4 heteroatoms. The van der Waals surface area contributed by atoms with Crippen molar-refractivity contribution in [2.45, 2.75) is 26.8 Å². The molecule has 0 saturated heterocycles. The standard InChI is InChI=1S/C17H18F3N/c1-4-21-17(12-6-5-10(2)7-15(12)19)13-8-11(3)14(18)9-16(13)20/h5-9,17,21H,4H2,1-3H3. The number of hydrogen-bond acceptors (Lipinski definition) is 1. The van der Waals surface area contributed by atoms with Gasteiger partial charge in [-0.15, -0.1) is 0 Å². The molecule has 2 rings (SSSR count). The van der Waals surface area contributed by atoms with E-state index in [1.807, 2.05) is 6.92 Å². The zero-order chi connectivity index (χ0) is 15.6. The molecule has 0 aliphatic heterocycles. The lowest BCUT2D eigenvalue weighted by Gasteiger charge is -2.21. The van der Waals surface area contributed by atoms with Crippen LogP contribution in [0.4, 0.5) is 13.2 Å². The van der Waals surface area contributed by atoms with Gasteiger partial charge in [0.1, 0.15) is 17.5 Å². The fraction of sp³-hybridized carbons (Fsp3) is 0.294. The lowest BCUT2D eigenvalue weighted by molar-refractivity contribution is 0.519. The lowest BCUT2D eigenvalue weighted by Crippen LogP contribution is -2.24. The summed E-state index contributed by atoms with van der Waals surface area (Å²) in [5, 5.41) is 3.06. The molecule has 0 aromatic heterocycles. The van der Waals surface area contributed by atoms with Crippen molar-refractivity contribution in [3.05, 3.63) is 70.0 Å². The van der Waals surface area contributed by atoms with E-state index in [1.165, 1.54) is 12.1 Å². The molecule has 0 aliphatic carbocycles. The number of nitrogens with one attached hydrogen (secondary N) is 1. The second kappa shape index (κ2) is 6.31. The molecular weight excluding hydrogens is 275 g/mol. The van der Waals surface area contributed by atoms with Crippen LogP contribution in [0.1, 0.15) is 35.2 Å². The molecule has 0 spiro atoms. The van der Waals surface area contributed by atoms with Crippen LogP contribution in [0.3, 0.4) is 0 Å². The Labute approximate surface area is 122 Å². The van der Waals surface area contributed by atoms with E-state index in [-0.39, 0.29) is 5.56 Å². The Kier molecular flexibility index (Phi) is 4.68. The first-order valence-electron chi connectivity index (χ1n) is 6.89. The molecule has 1 N–H and O–H groups in total. The molecule has 0 saturated carbocycles. The van der Waals surface area contributed by atoms with Gasteiger partial charge >= 0.3 is 0 Å². The highest BCUT2D eigenvalue weighted by molar-refractivity contribution is 5.37. The van der Waals surface area contributed by atoms with Gasteiger partial charge in [-0.1, -0.05) is 19.1 Å². The summed E-state index contributed by atoms with van der Waals surface area (Å²) >= 11 is 0. The van der Waals surface area contributed by atoms with Gasteiger partial charge in [0.05, 0.1) is 6.04 Å². The van der Waals surface area contributed by atoms with Gasteiger partial charge in [-0.2, -0.15) is 0 Å². The average Bonchev–Trinajstić information content (AvgIpc) is 2.41. The van der Waals surface area contributed by atoms with Crippen molar-refractivity contribution in [2.75, 3.05) is 6.54 Å². The van der Waals surface area contributed by atoms with Gasteiger partial charge in [-0.3, -0.25) is 0 Å². The average molecular weight is 293 g/mol. The van der Waals surface area contributed by atoms with Crippen LogP contribution < -0.4 is 5.32 Å². The van der Waals surface area contributed by atoms with E-state index in [4.69, 9.17) is 0 Å². The van der Waals surface area contributed by atoms with Gasteiger partial charge in [0.25, 0.3) is 0 Å². The van der Waals surface area contributed by atoms with E-state index in [9.17, 15) is 13.2 Å². The summed E-state index contributed by atoms with van der Waals surface area (Å²) in [5.41, 5.74) is 1.73. The van der Waals surface area contributed by atoms with Crippen molar-refractivity contribution in [3.8, 4) is 0 Å². The first kappa shape index (κ1) is 15.6.